The molecule has 3 unspecified atom stereocenters. The molecule has 1 aliphatic rings. The van der Waals surface area contributed by atoms with Crippen LogP contribution in [0, 0.1) is 11.8 Å². The zero-order valence-corrected chi connectivity index (χ0v) is 11.7. The number of hydrogen-bond acceptors (Lipinski definition) is 2. The Kier molecular flexibility index (Phi) is 4.28. The van der Waals surface area contributed by atoms with Gasteiger partial charge in [-0.1, -0.05) is 32.4 Å². The summed E-state index contributed by atoms with van der Waals surface area (Å²) in [6.07, 6.45) is 4.02. The minimum Gasteiger partial charge on any atom is -0.508 e. The van der Waals surface area contributed by atoms with E-state index >= 15 is 0 Å². The van der Waals surface area contributed by atoms with E-state index in [0.29, 0.717) is 17.8 Å². The van der Waals surface area contributed by atoms with Crippen LogP contribution in [0.1, 0.15) is 51.6 Å². The highest BCUT2D eigenvalue weighted by molar-refractivity contribution is 5.29. The molecule has 0 heterocycles. The molecule has 100 valence electrons. The second-order valence-electron chi connectivity index (χ2n) is 5.89. The standard InChI is InChI=1S/C16H25NO/c1-11-6-4-7-12(2)16(11)17-13(3)14-8-5-9-15(18)10-14/h5,8-13,16-18H,4,6-7H2,1-3H3. The minimum atomic E-state index is 0.296. The number of nitrogens with one attached hydrogen (secondary N) is 1. The molecule has 1 aliphatic carbocycles. The summed E-state index contributed by atoms with van der Waals surface area (Å²) < 4.78 is 0. The maximum atomic E-state index is 9.54. The quantitative estimate of drug-likeness (QED) is 0.850. The lowest BCUT2D eigenvalue weighted by atomic mass is 9.78. The van der Waals surface area contributed by atoms with Crippen LogP contribution in [0.5, 0.6) is 5.75 Å². The van der Waals surface area contributed by atoms with E-state index in [9.17, 15) is 5.11 Å². The molecule has 2 rings (SSSR count). The summed E-state index contributed by atoms with van der Waals surface area (Å²) in [6, 6.07) is 8.46. The van der Waals surface area contributed by atoms with Crippen molar-refractivity contribution in [3.8, 4) is 5.75 Å². The van der Waals surface area contributed by atoms with E-state index in [-0.39, 0.29) is 0 Å². The summed E-state index contributed by atoms with van der Waals surface area (Å²) in [5.74, 6) is 1.84. The van der Waals surface area contributed by atoms with Crippen LogP contribution in [-0.4, -0.2) is 11.1 Å². The first-order valence-electron chi connectivity index (χ1n) is 7.13. The summed E-state index contributed by atoms with van der Waals surface area (Å²) in [5, 5.41) is 13.3. The minimum absolute atomic E-state index is 0.296. The largest absolute Gasteiger partial charge is 0.508 e. The van der Waals surface area contributed by atoms with Crippen molar-refractivity contribution in [2.24, 2.45) is 11.8 Å². The molecule has 0 radical (unpaired) electrons. The van der Waals surface area contributed by atoms with Gasteiger partial charge in [0, 0.05) is 12.1 Å². The zero-order chi connectivity index (χ0) is 13.1. The summed E-state index contributed by atoms with van der Waals surface area (Å²) in [7, 11) is 0. The number of phenolic OH excluding ortho intramolecular Hbond substituents is 1. The third-order valence-corrected chi connectivity index (χ3v) is 4.36. The van der Waals surface area contributed by atoms with Crippen molar-refractivity contribution in [2.75, 3.05) is 0 Å². The van der Waals surface area contributed by atoms with Gasteiger partial charge in [0.15, 0.2) is 0 Å². The first kappa shape index (κ1) is 13.4. The van der Waals surface area contributed by atoms with Gasteiger partial charge in [-0.3, -0.25) is 0 Å². The van der Waals surface area contributed by atoms with Gasteiger partial charge in [0.25, 0.3) is 0 Å². The average Bonchev–Trinajstić information content (AvgIpc) is 2.34. The van der Waals surface area contributed by atoms with E-state index < -0.39 is 0 Å². The van der Waals surface area contributed by atoms with Crippen molar-refractivity contribution in [1.82, 2.24) is 5.32 Å². The predicted molar refractivity (Wildman–Crippen MR) is 75.6 cm³/mol. The molecular weight excluding hydrogens is 222 g/mol. The van der Waals surface area contributed by atoms with Crippen molar-refractivity contribution in [1.29, 1.82) is 0 Å². The van der Waals surface area contributed by atoms with Gasteiger partial charge >= 0.3 is 0 Å². The molecule has 18 heavy (non-hydrogen) atoms. The molecule has 1 aromatic rings. The van der Waals surface area contributed by atoms with Crippen LogP contribution in [-0.2, 0) is 0 Å². The smallest absolute Gasteiger partial charge is 0.115 e. The molecule has 3 atom stereocenters. The Bertz CT molecular complexity index is 380. The predicted octanol–water partition coefficient (Wildman–Crippen LogP) is 3.87. The lowest BCUT2D eigenvalue weighted by molar-refractivity contribution is 0.196. The average molecular weight is 247 g/mol. The van der Waals surface area contributed by atoms with E-state index in [4.69, 9.17) is 0 Å². The number of benzene rings is 1. The molecule has 2 N–H and O–H groups in total. The second-order valence-corrected chi connectivity index (χ2v) is 5.89. The molecule has 0 aromatic heterocycles. The molecule has 2 nitrogen and oxygen atoms in total. The van der Waals surface area contributed by atoms with Gasteiger partial charge in [0.1, 0.15) is 5.75 Å². The summed E-state index contributed by atoms with van der Waals surface area (Å²) >= 11 is 0. The molecule has 0 spiro atoms. The fourth-order valence-corrected chi connectivity index (χ4v) is 3.19. The van der Waals surface area contributed by atoms with Crippen LogP contribution in [0.15, 0.2) is 24.3 Å². The van der Waals surface area contributed by atoms with Crippen molar-refractivity contribution in [2.45, 2.75) is 52.1 Å². The van der Waals surface area contributed by atoms with E-state index in [0.717, 1.165) is 11.8 Å². The van der Waals surface area contributed by atoms with Gasteiger partial charge in [-0.05, 0) is 49.3 Å². The second kappa shape index (κ2) is 5.75. The molecule has 0 amide bonds. The van der Waals surface area contributed by atoms with E-state index in [1.165, 1.54) is 24.8 Å². The van der Waals surface area contributed by atoms with Gasteiger partial charge in [-0.25, -0.2) is 0 Å². The third kappa shape index (κ3) is 3.05. The topological polar surface area (TPSA) is 32.3 Å². The highest BCUT2D eigenvalue weighted by atomic mass is 16.3. The first-order valence-corrected chi connectivity index (χ1v) is 7.13. The van der Waals surface area contributed by atoms with Gasteiger partial charge in [0.05, 0.1) is 0 Å². The molecule has 0 aliphatic heterocycles. The Labute approximate surface area is 110 Å². The maximum absolute atomic E-state index is 9.54. The summed E-state index contributed by atoms with van der Waals surface area (Å²) in [6.45, 7) is 6.88. The first-order chi connectivity index (χ1) is 8.58. The Hall–Kier alpha value is -1.02. The molecular formula is C16H25NO. The maximum Gasteiger partial charge on any atom is 0.115 e. The van der Waals surface area contributed by atoms with Gasteiger partial charge in [-0.2, -0.15) is 0 Å². The van der Waals surface area contributed by atoms with Crippen molar-refractivity contribution in [3.63, 3.8) is 0 Å². The molecule has 1 fully saturated rings. The van der Waals surface area contributed by atoms with Gasteiger partial charge in [0.2, 0.25) is 0 Å². The fraction of sp³-hybridized carbons (Fsp3) is 0.625. The Morgan fingerprint density at radius 2 is 1.89 bits per heavy atom. The van der Waals surface area contributed by atoms with Crippen LogP contribution in [0.3, 0.4) is 0 Å². The lowest BCUT2D eigenvalue weighted by Gasteiger charge is -2.37. The van der Waals surface area contributed by atoms with E-state index in [1.54, 1.807) is 6.07 Å². The monoisotopic (exact) mass is 247 g/mol. The zero-order valence-electron chi connectivity index (χ0n) is 11.7. The number of rotatable bonds is 3. The lowest BCUT2D eigenvalue weighted by Crippen LogP contribution is -2.43. The Morgan fingerprint density at radius 3 is 2.50 bits per heavy atom. The molecule has 1 saturated carbocycles. The SMILES string of the molecule is CC(NC1C(C)CCCC1C)c1cccc(O)c1. The van der Waals surface area contributed by atoms with Crippen molar-refractivity contribution >= 4 is 0 Å². The van der Waals surface area contributed by atoms with Gasteiger partial charge in [-0.15, -0.1) is 0 Å². The Balaban J connectivity index is 2.04. The molecule has 0 saturated heterocycles. The van der Waals surface area contributed by atoms with Crippen LogP contribution >= 0.6 is 0 Å². The number of aromatic hydroxyl groups is 1. The normalized spacial score (nSPS) is 30.1. The molecule has 1 aromatic carbocycles. The molecule has 0 bridgehead atoms. The number of hydrogen-bond donors (Lipinski definition) is 2. The van der Waals surface area contributed by atoms with E-state index in [2.05, 4.69) is 32.2 Å². The number of phenols is 1. The summed E-state index contributed by atoms with van der Waals surface area (Å²) in [5.41, 5.74) is 1.17. The summed E-state index contributed by atoms with van der Waals surface area (Å²) in [4.78, 5) is 0. The van der Waals surface area contributed by atoms with Gasteiger partial charge < -0.3 is 10.4 Å². The van der Waals surface area contributed by atoms with Crippen LogP contribution in [0.2, 0.25) is 0 Å². The van der Waals surface area contributed by atoms with Crippen LogP contribution in [0.25, 0.3) is 0 Å². The van der Waals surface area contributed by atoms with Crippen molar-refractivity contribution in [3.05, 3.63) is 29.8 Å². The van der Waals surface area contributed by atoms with E-state index in [1.807, 2.05) is 12.1 Å². The van der Waals surface area contributed by atoms with Crippen molar-refractivity contribution < 1.29 is 5.11 Å². The molecule has 2 heteroatoms. The highest BCUT2D eigenvalue weighted by Crippen LogP contribution is 2.31. The van der Waals surface area contributed by atoms with Crippen LogP contribution < -0.4 is 5.32 Å². The Morgan fingerprint density at radius 1 is 1.22 bits per heavy atom. The third-order valence-electron chi connectivity index (χ3n) is 4.36. The highest BCUT2D eigenvalue weighted by Gasteiger charge is 2.28. The van der Waals surface area contributed by atoms with Crippen LogP contribution in [0.4, 0.5) is 0 Å². The fourth-order valence-electron chi connectivity index (χ4n) is 3.19.